The first-order valence-corrected chi connectivity index (χ1v) is 8.61. The van der Waals surface area contributed by atoms with Crippen LogP contribution < -0.4 is 0 Å². The predicted molar refractivity (Wildman–Crippen MR) is 81.5 cm³/mol. The third kappa shape index (κ3) is 3.41. The summed E-state index contributed by atoms with van der Waals surface area (Å²) in [4.78, 5) is 22.4. The van der Waals surface area contributed by atoms with Gasteiger partial charge in [0.25, 0.3) is 0 Å². The van der Waals surface area contributed by atoms with Crippen molar-refractivity contribution in [3.63, 3.8) is 0 Å². The molecule has 1 aromatic carbocycles. The fourth-order valence-electron chi connectivity index (χ4n) is 2.46. The summed E-state index contributed by atoms with van der Waals surface area (Å²) < 4.78 is 31.1. The molecule has 0 radical (unpaired) electrons. The summed E-state index contributed by atoms with van der Waals surface area (Å²) in [7, 11) is -3.92. The smallest absolute Gasteiger partial charge is 0.338 e. The van der Waals surface area contributed by atoms with Crippen molar-refractivity contribution in [2.75, 3.05) is 19.7 Å². The monoisotopic (exact) mass is 342 g/mol. The Labute approximate surface area is 134 Å². The van der Waals surface area contributed by atoms with Gasteiger partial charge in [0.1, 0.15) is 10.6 Å². The highest BCUT2D eigenvalue weighted by Crippen LogP contribution is 2.31. The molecule has 1 aliphatic heterocycles. The van der Waals surface area contributed by atoms with Crippen molar-refractivity contribution in [2.45, 2.75) is 30.3 Å². The normalized spacial score (nSPS) is 18.3. The number of sulfonamides is 1. The van der Waals surface area contributed by atoms with Gasteiger partial charge in [0.05, 0.1) is 6.61 Å². The number of hydrogen-bond acceptors (Lipinski definition) is 7. The van der Waals surface area contributed by atoms with E-state index in [4.69, 9.17) is 4.74 Å². The van der Waals surface area contributed by atoms with E-state index in [9.17, 15) is 23.2 Å². The van der Waals surface area contributed by atoms with Gasteiger partial charge in [0.15, 0.2) is 5.60 Å². The van der Waals surface area contributed by atoms with Crippen LogP contribution >= 0.6 is 0 Å². The quantitative estimate of drug-likeness (QED) is 0.634. The van der Waals surface area contributed by atoms with E-state index in [0.717, 1.165) is 4.31 Å². The van der Waals surface area contributed by atoms with Crippen LogP contribution in [0.25, 0.3) is 0 Å². The molecule has 0 spiro atoms. The first-order chi connectivity index (χ1) is 10.8. The lowest BCUT2D eigenvalue weighted by Gasteiger charge is -2.35. The van der Waals surface area contributed by atoms with E-state index in [1.807, 2.05) is 0 Å². The Hall–Kier alpha value is -1.84. The zero-order chi connectivity index (χ0) is 17.1. The number of ether oxygens (including phenoxy) is 1. The van der Waals surface area contributed by atoms with Gasteiger partial charge >= 0.3 is 5.97 Å². The zero-order valence-electron chi connectivity index (χ0n) is 12.6. The van der Waals surface area contributed by atoms with E-state index in [-0.39, 0.29) is 43.1 Å². The van der Waals surface area contributed by atoms with Gasteiger partial charge in [-0.15, -0.1) is 4.91 Å². The van der Waals surface area contributed by atoms with E-state index in [1.165, 1.54) is 24.3 Å². The average molecular weight is 342 g/mol. The van der Waals surface area contributed by atoms with Crippen molar-refractivity contribution < 1.29 is 23.1 Å². The number of rotatable bonds is 5. The summed E-state index contributed by atoms with van der Waals surface area (Å²) in [6, 6.07) is 5.64. The van der Waals surface area contributed by atoms with Crippen LogP contribution in [0.3, 0.4) is 0 Å². The minimum atomic E-state index is -3.92. The second-order valence-corrected chi connectivity index (χ2v) is 7.12. The van der Waals surface area contributed by atoms with Gasteiger partial charge in [-0.25, -0.2) is 13.2 Å². The number of hydrogen-bond donors (Lipinski definition) is 1. The van der Waals surface area contributed by atoms with Gasteiger partial charge < -0.3 is 9.84 Å². The Bertz CT molecular complexity index is 695. The highest BCUT2D eigenvalue weighted by atomic mass is 32.2. The molecule has 126 valence electrons. The number of piperidine rings is 1. The third-order valence-electron chi connectivity index (χ3n) is 3.79. The fourth-order valence-corrected chi connectivity index (χ4v) is 4.02. The minimum absolute atomic E-state index is 0.0508. The van der Waals surface area contributed by atoms with E-state index < -0.39 is 21.6 Å². The van der Waals surface area contributed by atoms with Gasteiger partial charge in [-0.1, -0.05) is 12.1 Å². The Kier molecular flexibility index (Phi) is 5.12. The Morgan fingerprint density at radius 3 is 2.52 bits per heavy atom. The van der Waals surface area contributed by atoms with E-state index in [0.29, 0.717) is 0 Å². The molecular weight excluding hydrogens is 324 g/mol. The molecule has 0 amide bonds. The lowest BCUT2D eigenvalue weighted by Crippen LogP contribution is -2.51. The molecule has 1 aromatic rings. The van der Waals surface area contributed by atoms with E-state index >= 15 is 0 Å². The number of nitrogens with zero attached hydrogens (tertiary/aromatic N) is 2. The Morgan fingerprint density at radius 2 is 1.96 bits per heavy atom. The standard InChI is InChI=1S/C14H18N2O6S/c1-2-22-13(17)14(18)7-9-16(10-8-14)23(20,21)12-6-4-3-5-11(12)15-19/h3-6,18H,2,7-10H2,1H3. The SMILES string of the molecule is CCOC(=O)C1(O)CCN(S(=O)(=O)c2ccccc2N=O)CC1. The van der Waals surface area contributed by atoms with Crippen molar-refractivity contribution in [3.8, 4) is 0 Å². The van der Waals surface area contributed by atoms with Crippen LogP contribution in [0.5, 0.6) is 0 Å². The minimum Gasteiger partial charge on any atom is -0.464 e. The van der Waals surface area contributed by atoms with Crippen LogP contribution in [-0.4, -0.2) is 49.1 Å². The lowest BCUT2D eigenvalue weighted by molar-refractivity contribution is -0.168. The summed E-state index contributed by atoms with van der Waals surface area (Å²) in [5, 5.41) is 13.0. The van der Waals surface area contributed by atoms with Crippen molar-refractivity contribution in [2.24, 2.45) is 5.18 Å². The first-order valence-electron chi connectivity index (χ1n) is 7.17. The maximum Gasteiger partial charge on any atom is 0.338 e. The second kappa shape index (κ2) is 6.73. The van der Waals surface area contributed by atoms with Gasteiger partial charge in [-0.3, -0.25) is 0 Å². The number of nitroso groups, excluding NO2 is 1. The zero-order valence-corrected chi connectivity index (χ0v) is 13.5. The van der Waals surface area contributed by atoms with Crippen LogP contribution in [0.1, 0.15) is 19.8 Å². The molecule has 0 aliphatic carbocycles. The topological polar surface area (TPSA) is 113 Å². The molecule has 9 heteroatoms. The van der Waals surface area contributed by atoms with Gasteiger partial charge in [-0.2, -0.15) is 4.31 Å². The number of esters is 1. The second-order valence-electron chi connectivity index (χ2n) is 5.22. The maximum absolute atomic E-state index is 12.6. The molecule has 8 nitrogen and oxygen atoms in total. The molecule has 0 atom stereocenters. The third-order valence-corrected chi connectivity index (χ3v) is 5.73. The van der Waals surface area contributed by atoms with Crippen LogP contribution in [0, 0.1) is 4.91 Å². The van der Waals surface area contributed by atoms with Gasteiger partial charge in [-0.05, 0) is 24.2 Å². The Morgan fingerprint density at radius 1 is 1.35 bits per heavy atom. The maximum atomic E-state index is 12.6. The van der Waals surface area contributed by atoms with Crippen molar-refractivity contribution >= 4 is 21.7 Å². The molecule has 2 rings (SSSR count). The molecule has 1 aliphatic rings. The molecule has 1 heterocycles. The summed E-state index contributed by atoms with van der Waals surface area (Å²) in [6.45, 7) is 1.67. The summed E-state index contributed by atoms with van der Waals surface area (Å²) in [6.07, 6.45) is -0.135. The molecule has 1 saturated heterocycles. The summed E-state index contributed by atoms with van der Waals surface area (Å²) >= 11 is 0. The van der Waals surface area contributed by atoms with Crippen molar-refractivity contribution in [1.29, 1.82) is 0 Å². The van der Waals surface area contributed by atoms with Crippen molar-refractivity contribution in [1.82, 2.24) is 4.31 Å². The molecule has 0 saturated carbocycles. The summed E-state index contributed by atoms with van der Waals surface area (Å²) in [5.41, 5.74) is -1.84. The largest absolute Gasteiger partial charge is 0.464 e. The number of benzene rings is 1. The van der Waals surface area contributed by atoms with Crippen LogP contribution in [-0.2, 0) is 19.6 Å². The number of aliphatic hydroxyl groups is 1. The van der Waals surface area contributed by atoms with Crippen molar-refractivity contribution in [3.05, 3.63) is 29.2 Å². The van der Waals surface area contributed by atoms with E-state index in [1.54, 1.807) is 6.92 Å². The molecule has 0 bridgehead atoms. The molecular formula is C14H18N2O6S. The summed E-state index contributed by atoms with van der Waals surface area (Å²) in [5.74, 6) is -0.744. The van der Waals surface area contributed by atoms with Crippen LogP contribution in [0.15, 0.2) is 34.3 Å². The number of carbonyl (C=O) groups is 1. The molecule has 1 N–H and O–H groups in total. The lowest BCUT2D eigenvalue weighted by atomic mass is 9.93. The fraction of sp³-hybridized carbons (Fsp3) is 0.500. The molecule has 0 aromatic heterocycles. The number of carbonyl (C=O) groups excluding carboxylic acids is 1. The Balaban J connectivity index is 2.19. The van der Waals surface area contributed by atoms with Gasteiger partial charge in [0, 0.05) is 25.9 Å². The van der Waals surface area contributed by atoms with Crippen LogP contribution in [0.4, 0.5) is 5.69 Å². The predicted octanol–water partition coefficient (Wildman–Crippen LogP) is 1.16. The molecule has 0 unspecified atom stereocenters. The first kappa shape index (κ1) is 17.5. The van der Waals surface area contributed by atoms with Crippen LogP contribution in [0.2, 0.25) is 0 Å². The molecule has 1 fully saturated rings. The average Bonchev–Trinajstić information content (AvgIpc) is 2.55. The highest BCUT2D eigenvalue weighted by Gasteiger charge is 2.43. The molecule has 23 heavy (non-hydrogen) atoms. The van der Waals surface area contributed by atoms with E-state index in [2.05, 4.69) is 5.18 Å². The van der Waals surface area contributed by atoms with Gasteiger partial charge in [0.2, 0.25) is 10.0 Å². The highest BCUT2D eigenvalue weighted by molar-refractivity contribution is 7.89.